The molecule has 0 saturated carbocycles. The van der Waals surface area contributed by atoms with Gasteiger partial charge in [0, 0.05) is 44.2 Å². The molecule has 0 aliphatic carbocycles. The van der Waals surface area contributed by atoms with Crippen molar-refractivity contribution in [2.24, 2.45) is 0 Å². The highest BCUT2D eigenvalue weighted by Gasteiger charge is 2.35. The van der Waals surface area contributed by atoms with Crippen molar-refractivity contribution in [1.29, 1.82) is 0 Å². The zero-order valence-corrected chi connectivity index (χ0v) is 19.6. The zero-order valence-electron chi connectivity index (χ0n) is 19.6. The van der Waals surface area contributed by atoms with Crippen LogP contribution >= 0.6 is 0 Å². The van der Waals surface area contributed by atoms with Gasteiger partial charge in [-0.05, 0) is 36.1 Å². The molecule has 3 heterocycles. The van der Waals surface area contributed by atoms with Crippen molar-refractivity contribution in [3.8, 4) is 5.69 Å². The number of rotatable bonds is 4. The third-order valence-electron chi connectivity index (χ3n) is 7.01. The molecule has 0 bridgehead atoms. The molecule has 0 N–H and O–H groups in total. The van der Waals surface area contributed by atoms with Gasteiger partial charge in [-0.2, -0.15) is 0 Å². The average molecular weight is 463 g/mol. The number of amides is 2. The summed E-state index contributed by atoms with van der Waals surface area (Å²) in [5.74, 6) is 0.00369. The van der Waals surface area contributed by atoms with Crippen LogP contribution in [0.2, 0.25) is 0 Å². The number of benzene rings is 2. The predicted molar refractivity (Wildman–Crippen MR) is 129 cm³/mol. The summed E-state index contributed by atoms with van der Waals surface area (Å²) in [5, 5.41) is 0. The number of likely N-dealkylation sites (tertiary alicyclic amines) is 1. The Bertz CT molecular complexity index is 1120. The topological polar surface area (TPSA) is 50.6 Å². The molecule has 2 aliphatic rings. The third-order valence-corrected chi connectivity index (χ3v) is 7.01. The quantitative estimate of drug-likeness (QED) is 0.570. The fraction of sp³-hybridized carbons (Fsp3) is 0.407. The smallest absolute Gasteiger partial charge is 0.320 e. The van der Waals surface area contributed by atoms with Gasteiger partial charge in [0.15, 0.2) is 0 Å². The monoisotopic (exact) mass is 462 g/mol. The van der Waals surface area contributed by atoms with Crippen LogP contribution in [0.5, 0.6) is 0 Å². The Balaban J connectivity index is 1.42. The molecule has 2 aliphatic heterocycles. The van der Waals surface area contributed by atoms with E-state index in [9.17, 15) is 9.18 Å². The van der Waals surface area contributed by atoms with Gasteiger partial charge in [0.2, 0.25) is 0 Å². The van der Waals surface area contributed by atoms with E-state index in [2.05, 4.69) is 36.2 Å². The molecule has 34 heavy (non-hydrogen) atoms. The van der Waals surface area contributed by atoms with E-state index in [0.717, 1.165) is 18.5 Å². The molecule has 0 spiro atoms. The summed E-state index contributed by atoms with van der Waals surface area (Å²) in [6.45, 7) is 5.85. The maximum absolute atomic E-state index is 14.3. The van der Waals surface area contributed by atoms with E-state index in [4.69, 9.17) is 4.74 Å². The molecular formula is C27H31FN4O2. The normalized spacial score (nSPS) is 21.0. The largest absolute Gasteiger partial charge is 0.378 e. The second kappa shape index (κ2) is 9.97. The van der Waals surface area contributed by atoms with Gasteiger partial charge < -0.3 is 19.1 Å². The highest BCUT2D eigenvalue weighted by Crippen LogP contribution is 2.36. The van der Waals surface area contributed by atoms with E-state index >= 15 is 0 Å². The van der Waals surface area contributed by atoms with Gasteiger partial charge in [0.25, 0.3) is 0 Å². The molecule has 0 radical (unpaired) electrons. The lowest BCUT2D eigenvalue weighted by molar-refractivity contribution is 0.0398. The summed E-state index contributed by atoms with van der Waals surface area (Å²) in [4.78, 5) is 21.9. The fourth-order valence-corrected chi connectivity index (χ4v) is 5.03. The molecule has 6 nitrogen and oxygen atoms in total. The zero-order chi connectivity index (χ0) is 23.5. The van der Waals surface area contributed by atoms with Crippen molar-refractivity contribution in [3.05, 3.63) is 83.7 Å². The summed E-state index contributed by atoms with van der Waals surface area (Å²) < 4.78 is 21.5. The van der Waals surface area contributed by atoms with Gasteiger partial charge in [-0.25, -0.2) is 14.2 Å². The summed E-state index contributed by atoms with van der Waals surface area (Å²) in [5.41, 5.74) is 3.92. The highest BCUT2D eigenvalue weighted by molar-refractivity contribution is 5.75. The Hall–Kier alpha value is -3.19. The number of aryl methyl sites for hydroxylation is 1. The van der Waals surface area contributed by atoms with Crippen molar-refractivity contribution in [1.82, 2.24) is 19.4 Å². The molecule has 2 unspecified atom stereocenters. The second-order valence-corrected chi connectivity index (χ2v) is 9.17. The predicted octanol–water partition coefficient (Wildman–Crippen LogP) is 4.60. The van der Waals surface area contributed by atoms with E-state index in [1.807, 2.05) is 22.1 Å². The van der Waals surface area contributed by atoms with E-state index < -0.39 is 0 Å². The van der Waals surface area contributed by atoms with Crippen LogP contribution in [-0.4, -0.2) is 64.8 Å². The Kier molecular flexibility index (Phi) is 6.63. The van der Waals surface area contributed by atoms with Gasteiger partial charge in [-0.3, -0.25) is 0 Å². The van der Waals surface area contributed by atoms with Crippen molar-refractivity contribution in [2.45, 2.75) is 31.6 Å². The molecule has 1 aromatic heterocycles. The van der Waals surface area contributed by atoms with Crippen LogP contribution in [0.15, 0.2) is 61.1 Å². The summed E-state index contributed by atoms with van der Waals surface area (Å²) in [6.07, 6.45) is 5.47. The lowest BCUT2D eigenvalue weighted by Gasteiger charge is -2.40. The number of para-hydroxylation sites is 1. The number of piperidine rings is 1. The van der Waals surface area contributed by atoms with E-state index in [1.54, 1.807) is 23.0 Å². The minimum atomic E-state index is -0.284. The number of urea groups is 1. The standard InChI is InChI=1S/C27H31FN4O2/c1-2-20-7-9-21(10-8-20)22-15-23(17-31(16-22)27(33)30-11-13-34-14-12-30)25-18-32(19-29-25)26-6-4-3-5-24(26)28/h3-10,18-19,22-23H,2,11-17H2,1H3. The Labute approximate surface area is 200 Å². The number of imidazole rings is 1. The molecule has 2 amide bonds. The van der Waals surface area contributed by atoms with Crippen LogP contribution in [0.4, 0.5) is 9.18 Å². The number of carbonyl (C=O) groups is 1. The van der Waals surface area contributed by atoms with Crippen LogP contribution in [-0.2, 0) is 11.2 Å². The van der Waals surface area contributed by atoms with Gasteiger partial charge in [0.1, 0.15) is 5.82 Å². The lowest BCUT2D eigenvalue weighted by Crippen LogP contribution is -2.52. The maximum atomic E-state index is 14.3. The molecule has 2 saturated heterocycles. The molecule has 5 rings (SSSR count). The fourth-order valence-electron chi connectivity index (χ4n) is 5.03. The SMILES string of the molecule is CCc1ccc(C2CC(c3cn(-c4ccccc4F)cn3)CN(C(=O)N3CCOCC3)C2)cc1. The van der Waals surface area contributed by atoms with Crippen molar-refractivity contribution >= 4 is 6.03 Å². The van der Waals surface area contributed by atoms with Crippen LogP contribution in [0.3, 0.4) is 0 Å². The summed E-state index contributed by atoms with van der Waals surface area (Å²) >= 11 is 0. The van der Waals surface area contributed by atoms with Crippen LogP contribution in [0.1, 0.15) is 42.0 Å². The van der Waals surface area contributed by atoms with E-state index in [1.165, 1.54) is 17.2 Å². The number of ether oxygens (including phenoxy) is 1. The average Bonchev–Trinajstić information content (AvgIpc) is 3.39. The van der Waals surface area contributed by atoms with Crippen molar-refractivity contribution < 1.29 is 13.9 Å². The van der Waals surface area contributed by atoms with Crippen LogP contribution < -0.4 is 0 Å². The number of carbonyl (C=O) groups excluding carboxylic acids is 1. The first kappa shape index (κ1) is 22.6. The van der Waals surface area contributed by atoms with Crippen LogP contribution in [0.25, 0.3) is 5.69 Å². The second-order valence-electron chi connectivity index (χ2n) is 9.17. The summed E-state index contributed by atoms with van der Waals surface area (Å²) in [6, 6.07) is 15.5. The van der Waals surface area contributed by atoms with Crippen molar-refractivity contribution in [2.75, 3.05) is 39.4 Å². The molecule has 2 atom stereocenters. The first-order valence-electron chi connectivity index (χ1n) is 12.1. The molecule has 178 valence electrons. The number of aromatic nitrogens is 2. The lowest BCUT2D eigenvalue weighted by atomic mass is 9.83. The minimum Gasteiger partial charge on any atom is -0.378 e. The number of hydrogen-bond acceptors (Lipinski definition) is 3. The first-order chi connectivity index (χ1) is 16.6. The van der Waals surface area contributed by atoms with E-state index in [-0.39, 0.29) is 23.7 Å². The Morgan fingerprint density at radius 3 is 2.50 bits per heavy atom. The number of hydrogen-bond donors (Lipinski definition) is 0. The molecule has 7 heteroatoms. The van der Waals surface area contributed by atoms with Gasteiger partial charge in [0.05, 0.1) is 30.9 Å². The van der Waals surface area contributed by atoms with Gasteiger partial charge in [-0.15, -0.1) is 0 Å². The number of nitrogens with zero attached hydrogens (tertiary/aromatic N) is 4. The van der Waals surface area contributed by atoms with E-state index in [0.29, 0.717) is 45.1 Å². The number of morpholine rings is 1. The maximum Gasteiger partial charge on any atom is 0.320 e. The number of halogens is 1. The minimum absolute atomic E-state index is 0.0664. The van der Waals surface area contributed by atoms with Crippen LogP contribution in [0, 0.1) is 5.82 Å². The molecule has 2 fully saturated rings. The van der Waals surface area contributed by atoms with Gasteiger partial charge >= 0.3 is 6.03 Å². The molecule has 2 aromatic carbocycles. The Morgan fingerprint density at radius 1 is 1.03 bits per heavy atom. The highest BCUT2D eigenvalue weighted by atomic mass is 19.1. The summed E-state index contributed by atoms with van der Waals surface area (Å²) in [7, 11) is 0. The van der Waals surface area contributed by atoms with Crippen molar-refractivity contribution in [3.63, 3.8) is 0 Å². The van der Waals surface area contributed by atoms with Gasteiger partial charge in [-0.1, -0.05) is 43.3 Å². The molecular weight excluding hydrogens is 431 g/mol. The Morgan fingerprint density at radius 2 is 1.76 bits per heavy atom. The molecule has 3 aromatic rings. The first-order valence-corrected chi connectivity index (χ1v) is 12.1. The third kappa shape index (κ3) is 4.71.